The van der Waals surface area contributed by atoms with Crippen LogP contribution in [0.25, 0.3) is 273 Å². The van der Waals surface area contributed by atoms with Crippen LogP contribution in [-0.2, 0) is 0 Å². The zero-order valence-electron chi connectivity index (χ0n) is 71.1. The number of nitrogens with zero attached hydrogens (tertiary/aromatic N) is 10. The predicted octanol–water partition coefficient (Wildman–Crippen LogP) is 32.2. The molecule has 0 fully saturated rings. The van der Waals surface area contributed by atoms with Crippen molar-refractivity contribution in [3.8, 4) is 91.1 Å². The molecule has 0 aliphatic heterocycles. The highest BCUT2D eigenvalue weighted by Gasteiger charge is 2.27. The lowest BCUT2D eigenvalue weighted by atomic mass is 9.93. The van der Waals surface area contributed by atoms with E-state index in [1.807, 2.05) is 126 Å². The van der Waals surface area contributed by atoms with Crippen LogP contribution in [0.1, 0.15) is 0 Å². The van der Waals surface area contributed by atoms with Crippen molar-refractivity contribution < 1.29 is 4.42 Å². The van der Waals surface area contributed by atoms with E-state index < -0.39 is 0 Å². The molecule has 9 heterocycles. The van der Waals surface area contributed by atoms with Crippen LogP contribution in [0.3, 0.4) is 0 Å². The number of para-hydroxylation sites is 6. The second kappa shape index (κ2) is 29.6. The van der Waals surface area contributed by atoms with Gasteiger partial charge in [0, 0.05) is 139 Å². The average Bonchev–Trinajstić information content (AvgIpc) is 1.58. The van der Waals surface area contributed by atoms with Crippen molar-refractivity contribution in [2.75, 3.05) is 0 Å². The van der Waals surface area contributed by atoms with E-state index in [1.165, 1.54) is 143 Å². The van der Waals surface area contributed by atoms with E-state index in [2.05, 4.69) is 340 Å². The molecule has 0 amide bonds. The molecule has 0 N–H and O–H groups in total. The van der Waals surface area contributed by atoms with Crippen molar-refractivity contribution in [1.29, 1.82) is 0 Å². The fourth-order valence-electron chi connectivity index (χ4n) is 21.0. The Kier molecular flexibility index (Phi) is 16.6. The van der Waals surface area contributed by atoms with E-state index in [-0.39, 0.29) is 0 Å². The molecule has 0 saturated carbocycles. The number of furan rings is 1. The third-order valence-electron chi connectivity index (χ3n) is 26.9. The number of hydrogen-bond donors (Lipinski definition) is 0. The van der Waals surface area contributed by atoms with Crippen molar-refractivity contribution in [2.45, 2.75) is 0 Å². The Morgan fingerprint density at radius 2 is 0.496 bits per heavy atom. The van der Waals surface area contributed by atoms with Crippen LogP contribution in [0.4, 0.5) is 0 Å². The van der Waals surface area contributed by atoms with E-state index in [4.69, 9.17) is 34.3 Å². The van der Waals surface area contributed by atoms with Crippen molar-refractivity contribution in [3.05, 3.63) is 425 Å². The molecule has 0 saturated heterocycles. The standard InChI is InChI=1S/C63H37N5S.C57H33N5OS/c1-3-15-38(16-4-1)61-64-62(39-17-5-2-6-18-39)66-63(65-61)40-27-30-45-46-31-28-41(36-52(46)44-20-8-7-19-43(44)51(45)35-40)67-54-24-12-9-21-47(54)53-37-42(29-33-56(53)67)68-55-25-13-10-23-50(55)59-57(68)34-32-49-48-22-11-14-26-58(48)69-60(49)59;1-3-15-34(16-4-1)55-58-56(35-17-5-2-6-18-35)60-57(59-55)43-24-13-22-39-40-23-14-27-49(53(40)63-52(39)43)62-45-25-10-7-19-37(45)44-33-36(29-31-47(44)62)61-46-26-11-8-21-42(46)51-48(61)32-30-41-38-20-9-12-28-50(38)64-54(41)51/h1-37H;1-33H. The number of hydrogen-bond acceptors (Lipinski definition) is 9. The van der Waals surface area contributed by atoms with E-state index in [0.717, 1.165) is 94.5 Å². The van der Waals surface area contributed by atoms with Gasteiger partial charge in [-0.3, -0.25) is 0 Å². The number of aromatic nitrogens is 10. The smallest absolute Gasteiger partial charge is 0.167 e. The van der Waals surface area contributed by atoms with Gasteiger partial charge in [0.2, 0.25) is 0 Å². The monoisotopic (exact) mass is 1730 g/mol. The zero-order valence-corrected chi connectivity index (χ0v) is 72.7. The van der Waals surface area contributed by atoms with Crippen LogP contribution in [0, 0.1) is 0 Å². The fraction of sp³-hybridized carbons (Fsp3) is 0. The van der Waals surface area contributed by atoms with Crippen LogP contribution >= 0.6 is 22.7 Å². The fourth-order valence-corrected chi connectivity index (χ4v) is 23.5. The Morgan fingerprint density at radius 3 is 0.985 bits per heavy atom. The number of benzene rings is 20. The quantitative estimate of drug-likeness (QED) is 0.125. The van der Waals surface area contributed by atoms with Gasteiger partial charge in [-0.05, 0) is 148 Å². The first-order valence-electron chi connectivity index (χ1n) is 44.8. The van der Waals surface area contributed by atoms with Gasteiger partial charge in [0.1, 0.15) is 5.58 Å². The Balaban J connectivity index is 0.000000133. The van der Waals surface area contributed by atoms with Crippen molar-refractivity contribution >= 4 is 204 Å². The number of fused-ring (bicyclic) bond motifs is 29. The van der Waals surface area contributed by atoms with Crippen molar-refractivity contribution in [1.82, 2.24) is 48.2 Å². The minimum absolute atomic E-state index is 0.557. The normalized spacial score (nSPS) is 12.1. The summed E-state index contributed by atoms with van der Waals surface area (Å²) in [5, 5.41) is 24.4. The van der Waals surface area contributed by atoms with Gasteiger partial charge in [-0.2, -0.15) is 0 Å². The molecule has 0 aliphatic carbocycles. The first-order chi connectivity index (χ1) is 66.0. The molecule has 0 spiro atoms. The Hall–Kier alpha value is -17.4. The van der Waals surface area contributed by atoms with E-state index in [1.54, 1.807) is 0 Å². The van der Waals surface area contributed by atoms with E-state index in [9.17, 15) is 0 Å². The first-order valence-corrected chi connectivity index (χ1v) is 46.4. The molecule has 9 aromatic heterocycles. The Labute approximate surface area is 767 Å². The molecule has 29 aromatic rings. The lowest BCUT2D eigenvalue weighted by Gasteiger charge is -2.15. The number of rotatable bonds is 10. The summed E-state index contributed by atoms with van der Waals surface area (Å²) in [6, 6.07) is 152. The molecule has 29 rings (SSSR count). The van der Waals surface area contributed by atoms with Gasteiger partial charge < -0.3 is 22.7 Å². The van der Waals surface area contributed by atoms with Crippen LogP contribution in [0.5, 0.6) is 0 Å². The van der Waals surface area contributed by atoms with Gasteiger partial charge in [0.15, 0.2) is 40.5 Å². The first kappa shape index (κ1) is 74.7. The second-order valence-corrected chi connectivity index (χ2v) is 36.3. The van der Waals surface area contributed by atoms with Gasteiger partial charge in [-0.25, -0.2) is 29.9 Å². The van der Waals surface area contributed by atoms with Gasteiger partial charge >= 0.3 is 0 Å². The summed E-state index contributed by atoms with van der Waals surface area (Å²) < 4.78 is 22.1. The molecular formula is C120H70N10OS2. The van der Waals surface area contributed by atoms with Gasteiger partial charge in [0.05, 0.1) is 55.4 Å². The zero-order chi connectivity index (χ0) is 87.0. The van der Waals surface area contributed by atoms with Crippen LogP contribution in [0.2, 0.25) is 0 Å². The maximum atomic E-state index is 7.09. The number of thiophene rings is 2. The highest BCUT2D eigenvalue weighted by atomic mass is 32.1. The largest absolute Gasteiger partial charge is 0.453 e. The molecule has 13 heteroatoms. The molecule has 133 heavy (non-hydrogen) atoms. The molecule has 0 atom stereocenters. The van der Waals surface area contributed by atoms with Crippen LogP contribution in [-0.4, -0.2) is 48.2 Å². The van der Waals surface area contributed by atoms with Crippen LogP contribution in [0.15, 0.2) is 429 Å². The highest BCUT2D eigenvalue weighted by molar-refractivity contribution is 7.27. The molecule has 0 unspecified atom stereocenters. The average molecular weight is 1730 g/mol. The summed E-state index contributed by atoms with van der Waals surface area (Å²) in [6.45, 7) is 0. The lowest BCUT2D eigenvalue weighted by Crippen LogP contribution is -2.00. The summed E-state index contributed by atoms with van der Waals surface area (Å²) in [7, 11) is 0. The third-order valence-corrected chi connectivity index (χ3v) is 29.3. The molecule has 0 aliphatic rings. The van der Waals surface area contributed by atoms with Gasteiger partial charge in [-0.15, -0.1) is 22.7 Å². The summed E-state index contributed by atoms with van der Waals surface area (Å²) in [4.78, 5) is 30.2. The van der Waals surface area contributed by atoms with Crippen molar-refractivity contribution in [2.24, 2.45) is 0 Å². The Morgan fingerprint density at radius 1 is 0.180 bits per heavy atom. The summed E-state index contributed by atoms with van der Waals surface area (Å²) in [5.74, 6) is 3.72. The summed E-state index contributed by atoms with van der Waals surface area (Å²) in [5.41, 5.74) is 20.8. The minimum Gasteiger partial charge on any atom is -0.453 e. The van der Waals surface area contributed by atoms with Crippen molar-refractivity contribution in [3.63, 3.8) is 0 Å². The summed E-state index contributed by atoms with van der Waals surface area (Å²) in [6.07, 6.45) is 0. The van der Waals surface area contributed by atoms with Gasteiger partial charge in [-0.1, -0.05) is 309 Å². The minimum atomic E-state index is 0.557. The molecule has 0 radical (unpaired) electrons. The maximum Gasteiger partial charge on any atom is 0.167 e. The third kappa shape index (κ3) is 11.6. The lowest BCUT2D eigenvalue weighted by molar-refractivity contribution is 0.667. The molecular weight excluding hydrogens is 1660 g/mol. The molecule has 0 bridgehead atoms. The molecule has 20 aromatic carbocycles. The maximum absolute atomic E-state index is 7.09. The van der Waals surface area contributed by atoms with E-state index in [0.29, 0.717) is 34.9 Å². The molecule has 618 valence electrons. The topological polar surface area (TPSA) is 110 Å². The Bertz CT molecular complexity index is 9800. The van der Waals surface area contributed by atoms with Gasteiger partial charge in [0.25, 0.3) is 0 Å². The predicted molar refractivity (Wildman–Crippen MR) is 555 cm³/mol. The SMILES string of the molecule is c1ccc(-c2nc(-c3ccccc3)nc(-c3ccc4c5ccc(-n6c7ccccc7c7cc(-n8c9ccccc9c9c%10sc%11ccccc%11c%10ccc98)ccc76)cc5c5ccccc5c4c3)n2)cc1.c1ccc(-c2nc(-c3ccccc3)nc(-c3cccc4c3oc3c(-n5c6ccccc6c6cc(-n7c8ccccc8c8c9sc%10ccccc%10c9ccc87)ccc65)cccc34)n2)cc1. The van der Waals surface area contributed by atoms with E-state index >= 15 is 0 Å². The second-order valence-electron chi connectivity index (χ2n) is 34.2. The molecule has 11 nitrogen and oxygen atoms in total. The highest BCUT2D eigenvalue weighted by Crippen LogP contribution is 2.50. The summed E-state index contributed by atoms with van der Waals surface area (Å²) >= 11 is 3.78. The van der Waals surface area contributed by atoms with Crippen LogP contribution < -0.4 is 0 Å².